The zero-order chi connectivity index (χ0) is 23.2. The number of aryl methyl sites for hydroxylation is 2. The molecule has 4 heterocycles. The van der Waals surface area contributed by atoms with Crippen LogP contribution in [0.4, 0.5) is 0 Å². The summed E-state index contributed by atoms with van der Waals surface area (Å²) in [5, 5.41) is 9.50. The Balaban J connectivity index is 1.34. The van der Waals surface area contributed by atoms with Crippen molar-refractivity contribution in [3.05, 3.63) is 108 Å². The number of rotatable bonds is 4. The molecular weight excluding hydrogens is 424 g/mol. The Kier molecular flexibility index (Phi) is 4.69. The lowest BCUT2D eigenvalue weighted by Gasteiger charge is -2.17. The summed E-state index contributed by atoms with van der Waals surface area (Å²) in [6, 6.07) is 24.1. The second kappa shape index (κ2) is 7.88. The van der Waals surface area contributed by atoms with E-state index in [1.165, 1.54) is 5.56 Å². The molecule has 0 saturated carbocycles. The van der Waals surface area contributed by atoms with E-state index in [4.69, 9.17) is 5.10 Å². The third-order valence-electron chi connectivity index (χ3n) is 6.31. The molecule has 168 valence electrons. The summed E-state index contributed by atoms with van der Waals surface area (Å²) in [7, 11) is 1.82. The first-order valence-electron chi connectivity index (χ1n) is 11.3. The lowest BCUT2D eigenvalue weighted by atomic mass is 10.1. The molecular formula is C27H24N6O. The SMILES string of the molecule is Cc1ccc(-n2nc3c(c2-n2cccc2)CN(C(=O)c2cc(-c4ccccc4)nn2C)C3)cc1. The quantitative estimate of drug-likeness (QED) is 0.406. The van der Waals surface area contributed by atoms with Gasteiger partial charge in [0.05, 0.1) is 30.2 Å². The van der Waals surface area contributed by atoms with Gasteiger partial charge in [0.15, 0.2) is 0 Å². The molecule has 0 N–H and O–H groups in total. The summed E-state index contributed by atoms with van der Waals surface area (Å²) in [5.41, 5.74) is 6.54. The molecule has 1 amide bonds. The molecule has 0 aliphatic carbocycles. The summed E-state index contributed by atoms with van der Waals surface area (Å²) < 4.78 is 5.71. The number of amides is 1. The standard InChI is InChI=1S/C27H24N6O/c1-19-10-12-21(13-11-19)33-26(31-14-6-7-15-31)22-17-32(18-24(22)29-33)27(34)25-16-23(28-30(25)2)20-8-4-3-5-9-20/h3-16H,17-18H2,1-2H3. The van der Waals surface area contributed by atoms with Crippen molar-refractivity contribution in [2.24, 2.45) is 7.05 Å². The molecule has 34 heavy (non-hydrogen) atoms. The largest absolute Gasteiger partial charge is 0.327 e. The molecule has 6 rings (SSSR count). The Hall–Kier alpha value is -4.39. The topological polar surface area (TPSA) is 60.9 Å². The second-order valence-electron chi connectivity index (χ2n) is 8.65. The molecule has 7 nitrogen and oxygen atoms in total. The number of hydrogen-bond donors (Lipinski definition) is 0. The number of benzene rings is 2. The van der Waals surface area contributed by atoms with Gasteiger partial charge in [-0.15, -0.1) is 0 Å². The van der Waals surface area contributed by atoms with Crippen molar-refractivity contribution in [3.8, 4) is 22.8 Å². The average molecular weight is 449 g/mol. The van der Waals surface area contributed by atoms with E-state index in [1.54, 1.807) is 4.68 Å². The number of aromatic nitrogens is 5. The van der Waals surface area contributed by atoms with Gasteiger partial charge in [-0.3, -0.25) is 9.48 Å². The highest BCUT2D eigenvalue weighted by atomic mass is 16.2. The molecule has 0 unspecified atom stereocenters. The number of fused-ring (bicyclic) bond motifs is 1. The Bertz CT molecular complexity index is 1480. The highest BCUT2D eigenvalue weighted by molar-refractivity contribution is 5.94. The molecule has 0 bridgehead atoms. The van der Waals surface area contributed by atoms with E-state index in [9.17, 15) is 4.79 Å². The first kappa shape index (κ1) is 20.2. The minimum Gasteiger partial charge on any atom is -0.327 e. The van der Waals surface area contributed by atoms with Gasteiger partial charge in [0, 0.05) is 30.6 Å². The zero-order valence-corrected chi connectivity index (χ0v) is 19.1. The van der Waals surface area contributed by atoms with Gasteiger partial charge in [-0.25, -0.2) is 4.68 Å². The maximum absolute atomic E-state index is 13.5. The van der Waals surface area contributed by atoms with Gasteiger partial charge in [0.2, 0.25) is 0 Å². The van der Waals surface area contributed by atoms with Crippen molar-refractivity contribution in [2.45, 2.75) is 20.0 Å². The Morgan fingerprint density at radius 3 is 2.35 bits per heavy atom. The van der Waals surface area contributed by atoms with E-state index < -0.39 is 0 Å². The van der Waals surface area contributed by atoms with Crippen molar-refractivity contribution < 1.29 is 4.79 Å². The summed E-state index contributed by atoms with van der Waals surface area (Å²) >= 11 is 0. The van der Waals surface area contributed by atoms with Gasteiger partial charge >= 0.3 is 0 Å². The Morgan fingerprint density at radius 2 is 1.62 bits per heavy atom. The molecule has 7 heteroatoms. The van der Waals surface area contributed by atoms with Crippen LogP contribution in [0.15, 0.2) is 85.2 Å². The van der Waals surface area contributed by atoms with Gasteiger partial charge in [-0.05, 0) is 37.3 Å². The van der Waals surface area contributed by atoms with E-state index in [0.29, 0.717) is 18.8 Å². The Labute approximate surface area is 197 Å². The maximum Gasteiger partial charge on any atom is 0.272 e. The lowest BCUT2D eigenvalue weighted by Crippen LogP contribution is -2.28. The summed E-state index contributed by atoms with van der Waals surface area (Å²) in [5.74, 6) is 0.921. The molecule has 1 aliphatic rings. The van der Waals surface area contributed by atoms with Crippen LogP contribution in [0.25, 0.3) is 22.8 Å². The average Bonchev–Trinajstić information content (AvgIpc) is 3.63. The van der Waals surface area contributed by atoms with Gasteiger partial charge in [0.25, 0.3) is 5.91 Å². The fourth-order valence-corrected chi connectivity index (χ4v) is 4.53. The number of hydrogen-bond acceptors (Lipinski definition) is 3. The summed E-state index contributed by atoms with van der Waals surface area (Å²) in [6.07, 6.45) is 4.03. The first-order chi connectivity index (χ1) is 16.6. The van der Waals surface area contributed by atoms with E-state index in [2.05, 4.69) is 40.9 Å². The van der Waals surface area contributed by atoms with Crippen LogP contribution in [0.5, 0.6) is 0 Å². The predicted molar refractivity (Wildman–Crippen MR) is 130 cm³/mol. The minimum absolute atomic E-state index is 0.0458. The normalized spacial score (nSPS) is 12.8. The number of carbonyl (C=O) groups excluding carboxylic acids is 1. The number of carbonyl (C=O) groups is 1. The monoisotopic (exact) mass is 448 g/mol. The number of nitrogens with zero attached hydrogens (tertiary/aromatic N) is 6. The minimum atomic E-state index is -0.0458. The first-order valence-corrected chi connectivity index (χ1v) is 11.3. The van der Waals surface area contributed by atoms with Gasteiger partial charge in [0.1, 0.15) is 11.5 Å². The second-order valence-corrected chi connectivity index (χ2v) is 8.65. The smallest absolute Gasteiger partial charge is 0.272 e. The third kappa shape index (κ3) is 3.33. The highest BCUT2D eigenvalue weighted by Gasteiger charge is 2.33. The maximum atomic E-state index is 13.5. The molecule has 0 saturated heterocycles. The van der Waals surface area contributed by atoms with E-state index in [1.807, 2.05) is 77.6 Å². The van der Waals surface area contributed by atoms with Crippen molar-refractivity contribution in [3.63, 3.8) is 0 Å². The molecule has 0 spiro atoms. The summed E-state index contributed by atoms with van der Waals surface area (Å²) in [6.45, 7) is 3.04. The van der Waals surface area contributed by atoms with Crippen molar-refractivity contribution in [1.82, 2.24) is 29.0 Å². The predicted octanol–water partition coefficient (Wildman–Crippen LogP) is 4.53. The van der Waals surface area contributed by atoms with Crippen LogP contribution in [-0.2, 0) is 20.1 Å². The van der Waals surface area contributed by atoms with E-state index in [-0.39, 0.29) is 5.91 Å². The summed E-state index contributed by atoms with van der Waals surface area (Å²) in [4.78, 5) is 15.3. The van der Waals surface area contributed by atoms with Crippen molar-refractivity contribution in [2.75, 3.05) is 0 Å². The molecule has 5 aromatic rings. The van der Waals surface area contributed by atoms with Crippen LogP contribution in [0, 0.1) is 6.92 Å². The van der Waals surface area contributed by atoms with Gasteiger partial charge in [-0.1, -0.05) is 48.0 Å². The third-order valence-corrected chi connectivity index (χ3v) is 6.31. The Morgan fingerprint density at radius 1 is 0.882 bits per heavy atom. The van der Waals surface area contributed by atoms with Crippen LogP contribution < -0.4 is 0 Å². The van der Waals surface area contributed by atoms with Crippen LogP contribution in [0.3, 0.4) is 0 Å². The van der Waals surface area contributed by atoms with Crippen LogP contribution in [0.1, 0.15) is 27.3 Å². The molecule has 0 atom stereocenters. The zero-order valence-electron chi connectivity index (χ0n) is 19.1. The molecule has 3 aromatic heterocycles. The van der Waals surface area contributed by atoms with Crippen LogP contribution in [-0.4, -0.2) is 34.9 Å². The fraction of sp³-hybridized carbons (Fsp3) is 0.148. The van der Waals surface area contributed by atoms with Gasteiger partial charge in [-0.2, -0.15) is 10.2 Å². The fourth-order valence-electron chi connectivity index (χ4n) is 4.53. The molecule has 1 aliphatic heterocycles. The molecule has 2 aromatic carbocycles. The highest BCUT2D eigenvalue weighted by Crippen LogP contribution is 2.32. The van der Waals surface area contributed by atoms with Gasteiger partial charge < -0.3 is 9.47 Å². The van der Waals surface area contributed by atoms with Crippen LogP contribution >= 0.6 is 0 Å². The van der Waals surface area contributed by atoms with Crippen LogP contribution in [0.2, 0.25) is 0 Å². The molecule has 0 fully saturated rings. The molecule has 0 radical (unpaired) electrons. The van der Waals surface area contributed by atoms with Crippen molar-refractivity contribution in [1.29, 1.82) is 0 Å². The lowest BCUT2D eigenvalue weighted by molar-refractivity contribution is 0.0738. The van der Waals surface area contributed by atoms with Crippen molar-refractivity contribution >= 4 is 5.91 Å². The van der Waals surface area contributed by atoms with E-state index in [0.717, 1.165) is 34.0 Å². The van der Waals surface area contributed by atoms with E-state index >= 15 is 0 Å².